The van der Waals surface area contributed by atoms with E-state index in [2.05, 4.69) is 30.9 Å². The second-order valence-electron chi connectivity index (χ2n) is 11.2. The van der Waals surface area contributed by atoms with Gasteiger partial charge in [0.2, 0.25) is 5.90 Å². The van der Waals surface area contributed by atoms with Gasteiger partial charge in [0.15, 0.2) is 12.4 Å². The molecule has 1 aliphatic heterocycles. The van der Waals surface area contributed by atoms with E-state index in [1.807, 2.05) is 12.1 Å². The van der Waals surface area contributed by atoms with Crippen LogP contribution in [-0.4, -0.2) is 56.9 Å². The Kier molecular flexibility index (Phi) is 8.87. The zero-order chi connectivity index (χ0) is 33.0. The zero-order valence-electron chi connectivity index (χ0n) is 24.8. The van der Waals surface area contributed by atoms with Crippen molar-refractivity contribution in [2.75, 3.05) is 16.8 Å². The molecule has 2 aliphatic carbocycles. The normalized spacial score (nSPS) is 19.6. The van der Waals surface area contributed by atoms with Gasteiger partial charge in [0.1, 0.15) is 6.26 Å². The number of nitrogens with zero attached hydrogens (tertiary/aromatic N) is 5. The van der Waals surface area contributed by atoms with Crippen LogP contribution in [0.4, 0.5) is 34.0 Å². The summed E-state index contributed by atoms with van der Waals surface area (Å²) in [6.45, 7) is -0.381. The molecule has 244 valence electrons. The Hall–Kier alpha value is -5.34. The van der Waals surface area contributed by atoms with Crippen LogP contribution in [0.5, 0.6) is 0 Å². The van der Waals surface area contributed by atoms with Crippen molar-refractivity contribution in [2.45, 2.75) is 56.4 Å². The Morgan fingerprint density at radius 3 is 2.47 bits per heavy atom. The average Bonchev–Trinajstić information content (AvgIpc) is 3.59. The average molecular weight is 652 g/mol. The predicted octanol–water partition coefficient (Wildman–Crippen LogP) is 6.68. The molecule has 6 rings (SSSR count). The van der Waals surface area contributed by atoms with Gasteiger partial charge in [-0.3, -0.25) is 15.0 Å². The molecular weight excluding hydrogens is 622 g/mol. The number of halogens is 4. The van der Waals surface area contributed by atoms with E-state index in [1.165, 1.54) is 11.3 Å². The molecule has 3 aromatic rings. The second-order valence-corrected chi connectivity index (χ2v) is 11.2. The van der Waals surface area contributed by atoms with E-state index < -0.39 is 35.1 Å². The number of allylic oxidation sites excluding steroid dienone is 4. The van der Waals surface area contributed by atoms with Crippen LogP contribution in [0.25, 0.3) is 0 Å². The molecule has 2 aromatic carbocycles. The number of anilines is 2. The van der Waals surface area contributed by atoms with Crippen LogP contribution in [-0.2, 0) is 16.0 Å². The predicted molar refractivity (Wildman–Crippen MR) is 162 cm³/mol. The Bertz CT molecular complexity index is 1730. The number of amides is 3. The van der Waals surface area contributed by atoms with Gasteiger partial charge in [0.25, 0.3) is 11.9 Å². The number of carbonyl (C=O) groups excluding carboxylic acids is 2. The fourth-order valence-corrected chi connectivity index (χ4v) is 5.56. The number of aromatic nitrogens is 4. The van der Waals surface area contributed by atoms with Gasteiger partial charge in [-0.05, 0) is 71.5 Å². The van der Waals surface area contributed by atoms with Crippen molar-refractivity contribution in [1.82, 2.24) is 20.6 Å². The van der Waals surface area contributed by atoms with Crippen LogP contribution in [0.1, 0.15) is 59.5 Å². The number of hydrogen-bond acceptors (Lipinski definition) is 7. The number of alkyl halides is 4. The molecule has 2 heterocycles. The monoisotopic (exact) mass is 651 g/mol. The van der Waals surface area contributed by atoms with E-state index >= 15 is 0 Å². The van der Waals surface area contributed by atoms with Gasteiger partial charge in [-0.15, -0.1) is 5.10 Å². The Morgan fingerprint density at radius 1 is 1.02 bits per heavy atom. The van der Waals surface area contributed by atoms with Gasteiger partial charge < -0.3 is 9.47 Å². The summed E-state index contributed by atoms with van der Waals surface area (Å²) < 4.78 is 67.6. The maximum absolute atomic E-state index is 14.6. The highest BCUT2D eigenvalue weighted by Crippen LogP contribution is 2.46. The summed E-state index contributed by atoms with van der Waals surface area (Å²) in [5.41, 5.74) is 1.49. The molecule has 3 aliphatic rings. The van der Waals surface area contributed by atoms with Gasteiger partial charge in [-0.25, -0.2) is 4.79 Å². The minimum absolute atomic E-state index is 0.00669. The number of aromatic amines is 1. The SMILES string of the molecule is O=C(Nc1nn[nH]n1)c1ccc(CN(C(=O)N=C2COC=C(C3=CC=CC(F)(F)C3(F)F)O2)c2ccc(C3CCCCC3)cc2)cc1. The summed E-state index contributed by atoms with van der Waals surface area (Å²) in [6.07, 6.45) is 8.20. The summed E-state index contributed by atoms with van der Waals surface area (Å²) in [4.78, 5) is 31.5. The van der Waals surface area contributed by atoms with Crippen LogP contribution in [0, 0.1) is 0 Å². The molecule has 0 saturated heterocycles. The zero-order valence-corrected chi connectivity index (χ0v) is 24.8. The molecule has 15 heteroatoms. The molecule has 3 amide bonds. The number of nitrogens with one attached hydrogen (secondary N) is 2. The first-order valence-corrected chi connectivity index (χ1v) is 14.9. The number of benzene rings is 2. The lowest BCUT2D eigenvalue weighted by molar-refractivity contribution is -0.156. The van der Waals surface area contributed by atoms with Crippen LogP contribution >= 0.6 is 0 Å². The van der Waals surface area contributed by atoms with E-state index in [0.29, 0.717) is 22.7 Å². The van der Waals surface area contributed by atoms with E-state index in [1.54, 1.807) is 36.4 Å². The topological polar surface area (TPSA) is 135 Å². The van der Waals surface area contributed by atoms with E-state index in [-0.39, 0.29) is 31.1 Å². The quantitative estimate of drug-likeness (QED) is 0.272. The summed E-state index contributed by atoms with van der Waals surface area (Å²) in [5.74, 6) is -10.1. The number of aliphatic imine (C=N–C) groups is 1. The van der Waals surface area contributed by atoms with Gasteiger partial charge in [0.05, 0.1) is 12.1 Å². The highest BCUT2D eigenvalue weighted by atomic mass is 19.3. The number of tetrazole rings is 1. The van der Waals surface area contributed by atoms with Crippen molar-refractivity contribution in [1.29, 1.82) is 0 Å². The molecule has 0 bridgehead atoms. The first-order valence-electron chi connectivity index (χ1n) is 14.9. The third kappa shape index (κ3) is 6.93. The van der Waals surface area contributed by atoms with E-state index in [9.17, 15) is 27.2 Å². The van der Waals surface area contributed by atoms with Crippen LogP contribution in [0.3, 0.4) is 0 Å². The van der Waals surface area contributed by atoms with Gasteiger partial charge >= 0.3 is 17.9 Å². The van der Waals surface area contributed by atoms with Gasteiger partial charge in [-0.1, -0.05) is 54.7 Å². The Morgan fingerprint density at radius 2 is 1.77 bits per heavy atom. The minimum Gasteiger partial charge on any atom is -0.488 e. The summed E-state index contributed by atoms with van der Waals surface area (Å²) in [5, 5.41) is 15.5. The summed E-state index contributed by atoms with van der Waals surface area (Å²) in [6, 6.07) is 13.2. The molecule has 0 spiro atoms. The maximum Gasteiger partial charge on any atom is 0.351 e. The number of urea groups is 1. The standard InChI is InChI=1S/C32H29F4N7O4/c33-31(34)16-4-7-25(32(31,35)36)26-18-46-19-27(47-26)37-30(45)43(24-14-12-22(13-15-24)21-5-2-1-3-6-21)17-20-8-10-23(11-9-20)28(44)38-29-39-41-42-40-29/h4,7-16,18,21H,1-3,5-6,17,19H2,(H2,38,39,40,41,42,44). The fourth-order valence-electron chi connectivity index (χ4n) is 5.56. The molecule has 1 aromatic heterocycles. The molecule has 11 nitrogen and oxygen atoms in total. The molecule has 0 unspecified atom stereocenters. The number of H-pyrrole nitrogens is 1. The van der Waals surface area contributed by atoms with Crippen LogP contribution in [0.2, 0.25) is 0 Å². The lowest BCUT2D eigenvalue weighted by Crippen LogP contribution is -2.43. The highest BCUT2D eigenvalue weighted by molar-refractivity contribution is 6.03. The van der Waals surface area contributed by atoms with Crippen molar-refractivity contribution in [3.8, 4) is 0 Å². The lowest BCUT2D eigenvalue weighted by Gasteiger charge is -2.30. The third-order valence-electron chi connectivity index (χ3n) is 8.08. The maximum atomic E-state index is 14.6. The smallest absolute Gasteiger partial charge is 0.351 e. The minimum atomic E-state index is -4.58. The molecular formula is C32H29F4N7O4. The Balaban J connectivity index is 1.23. The van der Waals surface area contributed by atoms with E-state index in [0.717, 1.165) is 49.7 Å². The van der Waals surface area contributed by atoms with E-state index in [4.69, 9.17) is 9.47 Å². The highest BCUT2D eigenvalue weighted by Gasteiger charge is 2.59. The molecule has 1 fully saturated rings. The van der Waals surface area contributed by atoms with Crippen molar-refractivity contribution >= 4 is 29.5 Å². The first kappa shape index (κ1) is 31.6. The molecule has 47 heavy (non-hydrogen) atoms. The molecule has 2 N–H and O–H groups in total. The van der Waals surface area contributed by atoms with Gasteiger partial charge in [-0.2, -0.15) is 27.8 Å². The third-order valence-corrected chi connectivity index (χ3v) is 8.08. The number of ether oxygens (including phenoxy) is 2. The van der Waals surface area contributed by atoms with Crippen molar-refractivity contribution in [3.63, 3.8) is 0 Å². The number of carbonyl (C=O) groups is 2. The first-order chi connectivity index (χ1) is 22.6. The fraction of sp³-hybridized carbons (Fsp3) is 0.312. The Labute approximate surface area is 266 Å². The lowest BCUT2D eigenvalue weighted by atomic mass is 9.84. The summed E-state index contributed by atoms with van der Waals surface area (Å²) in [7, 11) is 0. The van der Waals surface area contributed by atoms with Gasteiger partial charge in [0, 0.05) is 11.3 Å². The van der Waals surface area contributed by atoms with Crippen molar-refractivity contribution < 1.29 is 36.6 Å². The van der Waals surface area contributed by atoms with Crippen LogP contribution in [0.15, 0.2) is 89.3 Å². The second kappa shape index (κ2) is 13.2. The largest absolute Gasteiger partial charge is 0.488 e. The van der Waals surface area contributed by atoms with Crippen LogP contribution < -0.4 is 10.2 Å². The van der Waals surface area contributed by atoms with Crippen molar-refractivity contribution in [2.24, 2.45) is 4.99 Å². The number of rotatable bonds is 7. The molecule has 1 saturated carbocycles. The molecule has 0 radical (unpaired) electrons. The molecule has 0 atom stereocenters. The summed E-state index contributed by atoms with van der Waals surface area (Å²) >= 11 is 0. The number of hydrogen-bond donors (Lipinski definition) is 2. The van der Waals surface area contributed by atoms with Crippen molar-refractivity contribution in [3.05, 3.63) is 101 Å².